The van der Waals surface area contributed by atoms with Gasteiger partial charge in [0.15, 0.2) is 0 Å². The number of hydrogen-bond acceptors (Lipinski definition) is 1. The van der Waals surface area contributed by atoms with Gasteiger partial charge in [-0.3, -0.25) is 0 Å². The number of aromatic nitrogens is 2. The lowest BCUT2D eigenvalue weighted by Crippen LogP contribution is -2.57. The Kier molecular flexibility index (Phi) is 4.52. The number of para-hydroxylation sites is 2. The van der Waals surface area contributed by atoms with Crippen LogP contribution >= 0.6 is 9.39 Å². The molecule has 0 fully saturated rings. The lowest BCUT2D eigenvalue weighted by atomic mass is 9.44. The molecule has 2 aliphatic heterocycles. The summed E-state index contributed by atoms with van der Waals surface area (Å²) >= 11 is 0. The molecule has 4 heterocycles. The molecule has 1 unspecified atom stereocenters. The van der Waals surface area contributed by atoms with Crippen molar-refractivity contribution in [3.63, 3.8) is 0 Å². The SMILES string of the molecule is Pn1ccc2cc3c4c(c21)-c1cccc2c5ccccc5n(c12)B4c1c(ccc2ccccc12)N3c1ccc2ccccc2c1. The van der Waals surface area contributed by atoms with Crippen LogP contribution in [0.25, 0.3) is 65.4 Å². The third-order valence-electron chi connectivity index (χ3n) is 10.2. The van der Waals surface area contributed by atoms with Gasteiger partial charge in [0.2, 0.25) is 0 Å². The molecule has 0 amide bonds. The molecule has 0 aliphatic carbocycles. The Morgan fingerprint density at radius 2 is 1.27 bits per heavy atom. The molecule has 2 aromatic heterocycles. The van der Waals surface area contributed by atoms with E-state index < -0.39 is 0 Å². The number of fused-ring (bicyclic) bond motifs is 12. The van der Waals surface area contributed by atoms with E-state index in [1.807, 2.05) is 0 Å². The van der Waals surface area contributed by atoms with Gasteiger partial charge < -0.3 is 13.7 Å². The molecule has 9 aromatic rings. The van der Waals surface area contributed by atoms with Crippen LogP contribution in [-0.2, 0) is 0 Å². The molecule has 0 saturated heterocycles. The fourth-order valence-corrected chi connectivity index (χ4v) is 8.85. The van der Waals surface area contributed by atoms with Crippen LogP contribution in [0, 0.1) is 0 Å². The van der Waals surface area contributed by atoms with Crippen molar-refractivity contribution in [2.75, 3.05) is 4.90 Å². The molecule has 1 atom stereocenters. The summed E-state index contributed by atoms with van der Waals surface area (Å²) in [4.78, 5) is 2.53. The van der Waals surface area contributed by atoms with Gasteiger partial charge in [0.1, 0.15) is 0 Å². The molecule has 11 rings (SSSR count). The largest absolute Gasteiger partial charge is 0.375 e. The smallest absolute Gasteiger partial charge is 0.333 e. The van der Waals surface area contributed by atoms with Crippen molar-refractivity contribution in [2.45, 2.75) is 0 Å². The van der Waals surface area contributed by atoms with Gasteiger partial charge in [-0.15, -0.1) is 0 Å². The van der Waals surface area contributed by atoms with E-state index in [1.54, 1.807) is 0 Å². The van der Waals surface area contributed by atoms with E-state index in [0.29, 0.717) is 0 Å². The van der Waals surface area contributed by atoms with Gasteiger partial charge in [0.05, 0.1) is 5.52 Å². The van der Waals surface area contributed by atoms with Gasteiger partial charge in [-0.25, -0.2) is 0 Å². The normalized spacial score (nSPS) is 13.4. The first-order valence-electron chi connectivity index (χ1n) is 15.5. The molecule has 0 saturated carbocycles. The molecule has 45 heavy (non-hydrogen) atoms. The van der Waals surface area contributed by atoms with Gasteiger partial charge in [-0.05, 0) is 78.3 Å². The number of rotatable bonds is 1. The Morgan fingerprint density at radius 1 is 0.511 bits per heavy atom. The molecule has 0 bridgehead atoms. The van der Waals surface area contributed by atoms with Gasteiger partial charge in [0, 0.05) is 61.6 Å². The third kappa shape index (κ3) is 2.96. The number of benzene rings is 7. The topological polar surface area (TPSA) is 13.1 Å². The van der Waals surface area contributed by atoms with E-state index in [4.69, 9.17) is 0 Å². The van der Waals surface area contributed by atoms with Crippen molar-refractivity contribution in [1.82, 2.24) is 8.82 Å². The second-order valence-corrected chi connectivity index (χ2v) is 13.0. The highest BCUT2D eigenvalue weighted by Gasteiger charge is 2.44. The Hall–Kier alpha value is -5.31. The summed E-state index contributed by atoms with van der Waals surface area (Å²) < 4.78 is 4.88. The lowest BCUT2D eigenvalue weighted by molar-refractivity contribution is 1.26. The van der Waals surface area contributed by atoms with E-state index in [2.05, 4.69) is 163 Å². The summed E-state index contributed by atoms with van der Waals surface area (Å²) in [5, 5.41) is 8.93. The van der Waals surface area contributed by atoms with Crippen molar-refractivity contribution in [1.29, 1.82) is 0 Å². The maximum Gasteiger partial charge on any atom is 0.333 e. The molecular formula is C40H25BN3P. The first-order valence-corrected chi connectivity index (χ1v) is 16.0. The predicted molar refractivity (Wildman–Crippen MR) is 196 cm³/mol. The summed E-state index contributed by atoms with van der Waals surface area (Å²) in [5.41, 5.74) is 12.9. The van der Waals surface area contributed by atoms with E-state index in [9.17, 15) is 0 Å². The van der Waals surface area contributed by atoms with Gasteiger partial charge in [0.25, 0.3) is 0 Å². The molecule has 0 spiro atoms. The Morgan fingerprint density at radius 3 is 2.18 bits per heavy atom. The maximum atomic E-state index is 2.95. The minimum Gasteiger partial charge on any atom is -0.375 e. The van der Waals surface area contributed by atoms with Crippen LogP contribution < -0.4 is 15.8 Å². The average molecular weight is 589 g/mol. The quantitative estimate of drug-likeness (QED) is 0.138. The molecule has 208 valence electrons. The van der Waals surface area contributed by atoms with E-state index >= 15 is 0 Å². The van der Waals surface area contributed by atoms with Crippen LogP contribution in [0.15, 0.2) is 140 Å². The minimum absolute atomic E-state index is 0.00871. The third-order valence-corrected chi connectivity index (χ3v) is 10.7. The Balaban J connectivity index is 1.39. The molecule has 0 radical (unpaired) electrons. The zero-order valence-corrected chi connectivity index (χ0v) is 25.4. The fraction of sp³-hybridized carbons (Fsp3) is 0. The fourth-order valence-electron chi connectivity index (χ4n) is 8.48. The highest BCUT2D eigenvalue weighted by Crippen LogP contribution is 2.48. The molecular weight excluding hydrogens is 564 g/mol. The summed E-state index contributed by atoms with van der Waals surface area (Å²) in [6.07, 6.45) is 2.18. The van der Waals surface area contributed by atoms with E-state index in [0.717, 1.165) is 0 Å². The second-order valence-electron chi connectivity index (χ2n) is 12.4. The summed E-state index contributed by atoms with van der Waals surface area (Å²) in [6, 6.07) is 49.7. The standard InChI is InChI=1S/C40H25BN3P/c45-42-21-20-27-23-35-38-36(39(27)42)32-14-7-13-31-30-12-5-6-15-33(30)44(40(31)32)41(38)37-29-11-4-3-9-25(29)17-19-34(37)43(35)28-18-16-24-8-1-2-10-26(24)22-28/h1-23H,45H2. The molecule has 0 N–H and O–H groups in total. The van der Waals surface area contributed by atoms with Crippen LogP contribution in [0.5, 0.6) is 0 Å². The highest BCUT2D eigenvalue weighted by molar-refractivity contribution is 7.15. The number of nitrogens with zero attached hydrogens (tertiary/aromatic N) is 3. The van der Waals surface area contributed by atoms with Crippen LogP contribution in [0.4, 0.5) is 17.1 Å². The Labute approximate surface area is 262 Å². The van der Waals surface area contributed by atoms with Crippen molar-refractivity contribution < 1.29 is 0 Å². The average Bonchev–Trinajstić information content (AvgIpc) is 3.63. The summed E-state index contributed by atoms with van der Waals surface area (Å²) in [5.74, 6) is 0. The molecule has 3 nitrogen and oxygen atoms in total. The first-order chi connectivity index (χ1) is 22.3. The van der Waals surface area contributed by atoms with Crippen molar-refractivity contribution >= 4 is 98.5 Å². The zero-order valence-electron chi connectivity index (χ0n) is 24.3. The summed E-state index contributed by atoms with van der Waals surface area (Å²) in [6.45, 7) is 0.00871. The van der Waals surface area contributed by atoms with E-state index in [-0.39, 0.29) is 6.85 Å². The van der Waals surface area contributed by atoms with Crippen LogP contribution in [0.3, 0.4) is 0 Å². The van der Waals surface area contributed by atoms with Crippen LogP contribution in [-0.4, -0.2) is 15.7 Å². The monoisotopic (exact) mass is 589 g/mol. The molecule has 7 aromatic carbocycles. The van der Waals surface area contributed by atoms with Crippen molar-refractivity contribution in [3.8, 4) is 11.1 Å². The van der Waals surface area contributed by atoms with E-state index in [1.165, 1.54) is 93.4 Å². The predicted octanol–water partition coefficient (Wildman–Crippen LogP) is 9.11. The maximum absolute atomic E-state index is 2.95. The molecule has 2 aliphatic rings. The zero-order chi connectivity index (χ0) is 29.4. The lowest BCUT2D eigenvalue weighted by Gasteiger charge is -2.41. The Bertz CT molecular complexity index is 2750. The van der Waals surface area contributed by atoms with Crippen molar-refractivity contribution in [3.05, 3.63) is 140 Å². The minimum atomic E-state index is 0.00871. The van der Waals surface area contributed by atoms with Gasteiger partial charge >= 0.3 is 6.85 Å². The second kappa shape index (κ2) is 8.44. The first kappa shape index (κ1) is 24.1. The number of anilines is 3. The van der Waals surface area contributed by atoms with Gasteiger partial charge in [-0.2, -0.15) is 0 Å². The van der Waals surface area contributed by atoms with Gasteiger partial charge in [-0.1, -0.05) is 97.1 Å². The van der Waals surface area contributed by atoms with Crippen LogP contribution in [0.1, 0.15) is 0 Å². The highest BCUT2D eigenvalue weighted by atomic mass is 31.0. The van der Waals surface area contributed by atoms with Crippen molar-refractivity contribution in [2.24, 2.45) is 0 Å². The number of hydrogen-bond donors (Lipinski definition) is 0. The summed E-state index contributed by atoms with van der Waals surface area (Å²) in [7, 11) is 2.95. The molecule has 5 heteroatoms. The van der Waals surface area contributed by atoms with Crippen LogP contribution in [0.2, 0.25) is 0 Å².